The van der Waals surface area contributed by atoms with Gasteiger partial charge in [0.05, 0.1) is 18.1 Å². The molecule has 2 aliphatic rings. The predicted molar refractivity (Wildman–Crippen MR) is 128 cm³/mol. The third-order valence-electron chi connectivity index (χ3n) is 7.51. The number of alkyl halides is 3. The van der Waals surface area contributed by atoms with Crippen molar-refractivity contribution in [1.82, 2.24) is 5.32 Å². The van der Waals surface area contributed by atoms with Crippen LogP contribution in [0.3, 0.4) is 0 Å². The van der Waals surface area contributed by atoms with Crippen LogP contribution >= 0.6 is 23.2 Å². The summed E-state index contributed by atoms with van der Waals surface area (Å²) in [5.74, 6) is -1.54. The van der Waals surface area contributed by atoms with Gasteiger partial charge in [-0.1, -0.05) is 48.3 Å². The number of amides is 1. The first kappa shape index (κ1) is 27.0. The van der Waals surface area contributed by atoms with Gasteiger partial charge in [0, 0.05) is 22.0 Å². The monoisotopic (exact) mass is 565 g/mol. The summed E-state index contributed by atoms with van der Waals surface area (Å²) in [6.07, 6.45) is 1.61. The molecule has 2 N–H and O–H groups in total. The molecule has 0 spiro atoms. The van der Waals surface area contributed by atoms with Gasteiger partial charge >= 0.3 is 15.6 Å². The van der Waals surface area contributed by atoms with Crippen molar-refractivity contribution < 1.29 is 35.7 Å². The van der Waals surface area contributed by atoms with Gasteiger partial charge in [-0.25, -0.2) is 0 Å². The van der Waals surface area contributed by atoms with Gasteiger partial charge in [0.2, 0.25) is 5.91 Å². The number of carbonyl (C=O) groups is 1. The van der Waals surface area contributed by atoms with Gasteiger partial charge in [-0.2, -0.15) is 21.6 Å². The standard InChI is InChI=1S/C24H24Cl2F3NO5S/c1-2-23-10-9-17(16-8-7-15(11-18(16)26)35-36(33,34)24(27,28)29)20(13-3-5-14(25)6-4-13)21(23)19(12-31)30-22(23)32/h3-8,11,17,19-21,31H,2,9-10,12H2,1H3,(H,30,32)/t17-,19+,20-,21-,23+/m0/s1. The molecule has 1 aliphatic heterocycles. The highest BCUT2D eigenvalue weighted by molar-refractivity contribution is 7.88. The number of aliphatic hydroxyl groups is 1. The molecule has 36 heavy (non-hydrogen) atoms. The quantitative estimate of drug-likeness (QED) is 0.362. The topological polar surface area (TPSA) is 92.7 Å². The van der Waals surface area contributed by atoms with Crippen molar-refractivity contribution in [3.8, 4) is 5.75 Å². The van der Waals surface area contributed by atoms with E-state index in [1.807, 2.05) is 19.1 Å². The van der Waals surface area contributed by atoms with Gasteiger partial charge in [0.15, 0.2) is 0 Å². The van der Waals surface area contributed by atoms with Gasteiger partial charge in [0.25, 0.3) is 0 Å². The van der Waals surface area contributed by atoms with Crippen LogP contribution in [0.2, 0.25) is 10.0 Å². The van der Waals surface area contributed by atoms with E-state index < -0.39 is 32.8 Å². The molecule has 0 radical (unpaired) electrons. The molecule has 2 aromatic carbocycles. The number of nitrogens with one attached hydrogen (secondary N) is 1. The Morgan fingerprint density at radius 3 is 2.39 bits per heavy atom. The molecule has 196 valence electrons. The molecule has 4 rings (SSSR count). The Kier molecular flexibility index (Phi) is 7.29. The van der Waals surface area contributed by atoms with E-state index in [2.05, 4.69) is 9.50 Å². The van der Waals surface area contributed by atoms with Gasteiger partial charge in [-0.15, -0.1) is 0 Å². The fourth-order valence-corrected chi connectivity index (χ4v) is 6.78. The summed E-state index contributed by atoms with van der Waals surface area (Å²) in [4.78, 5) is 13.1. The Bertz CT molecular complexity index is 1260. The predicted octanol–water partition coefficient (Wildman–Crippen LogP) is 5.39. The van der Waals surface area contributed by atoms with Crippen LogP contribution in [-0.4, -0.2) is 37.6 Å². The molecule has 1 heterocycles. The van der Waals surface area contributed by atoms with Crippen molar-refractivity contribution in [3.63, 3.8) is 0 Å². The van der Waals surface area contributed by atoms with Crippen LogP contribution in [0.15, 0.2) is 42.5 Å². The highest BCUT2D eigenvalue weighted by Gasteiger charge is 2.60. The average molecular weight is 566 g/mol. The van der Waals surface area contributed by atoms with Crippen molar-refractivity contribution in [2.75, 3.05) is 6.61 Å². The lowest BCUT2D eigenvalue weighted by Crippen LogP contribution is -2.45. The first-order chi connectivity index (χ1) is 16.8. The molecule has 1 saturated heterocycles. The van der Waals surface area contributed by atoms with Crippen molar-refractivity contribution >= 4 is 39.2 Å². The number of rotatable bonds is 6. The molecule has 1 saturated carbocycles. The SMILES string of the molecule is CC[C@@]12CC[C@@H](c3ccc(OS(=O)(=O)C(F)(F)F)cc3Cl)[C@H](c3ccc(Cl)cc3)[C@@H]1[C@@H](CO)NC2=O. The number of fused-ring (bicyclic) bond motifs is 1. The maximum atomic E-state index is 13.1. The zero-order valence-electron chi connectivity index (χ0n) is 19.1. The van der Waals surface area contributed by atoms with Crippen LogP contribution in [0.4, 0.5) is 13.2 Å². The lowest BCUT2D eigenvalue weighted by molar-refractivity contribution is -0.131. The average Bonchev–Trinajstić information content (AvgIpc) is 3.10. The van der Waals surface area contributed by atoms with Crippen molar-refractivity contribution in [2.45, 2.75) is 49.6 Å². The van der Waals surface area contributed by atoms with Crippen LogP contribution in [-0.2, 0) is 14.9 Å². The number of carbonyl (C=O) groups excluding carboxylic acids is 1. The number of aliphatic hydroxyl groups excluding tert-OH is 1. The molecule has 12 heteroatoms. The first-order valence-corrected chi connectivity index (χ1v) is 13.5. The van der Waals surface area contributed by atoms with E-state index in [1.54, 1.807) is 12.1 Å². The molecule has 2 aromatic rings. The van der Waals surface area contributed by atoms with Gasteiger partial charge in [-0.05, 0) is 60.4 Å². The van der Waals surface area contributed by atoms with Crippen LogP contribution in [0.5, 0.6) is 5.75 Å². The Balaban J connectivity index is 1.79. The third kappa shape index (κ3) is 4.57. The second-order valence-corrected chi connectivity index (χ2v) is 11.6. The molecule has 0 unspecified atom stereocenters. The smallest absolute Gasteiger partial charge is 0.394 e. The van der Waals surface area contributed by atoms with E-state index in [9.17, 15) is 31.5 Å². The molecule has 2 fully saturated rings. The Morgan fingerprint density at radius 1 is 1.17 bits per heavy atom. The van der Waals surface area contributed by atoms with E-state index in [-0.39, 0.29) is 35.3 Å². The largest absolute Gasteiger partial charge is 0.534 e. The summed E-state index contributed by atoms with van der Waals surface area (Å²) in [6.45, 7) is 1.68. The minimum atomic E-state index is -5.85. The van der Waals surface area contributed by atoms with E-state index in [1.165, 1.54) is 6.07 Å². The van der Waals surface area contributed by atoms with E-state index >= 15 is 0 Å². The van der Waals surface area contributed by atoms with Crippen LogP contribution < -0.4 is 9.50 Å². The molecular formula is C24H24Cl2F3NO5S. The van der Waals surface area contributed by atoms with Crippen molar-refractivity contribution in [2.24, 2.45) is 11.3 Å². The molecule has 1 amide bonds. The maximum Gasteiger partial charge on any atom is 0.534 e. The second kappa shape index (κ2) is 9.70. The lowest BCUT2D eigenvalue weighted by Gasteiger charge is -2.47. The maximum absolute atomic E-state index is 13.1. The fourth-order valence-electron chi connectivity index (χ4n) is 5.90. The third-order valence-corrected chi connectivity index (χ3v) is 9.06. The normalized spacial score (nSPS) is 28.5. The van der Waals surface area contributed by atoms with Crippen molar-refractivity contribution in [3.05, 3.63) is 63.6 Å². The van der Waals surface area contributed by atoms with Crippen LogP contribution in [0.1, 0.15) is 49.1 Å². The molecule has 1 aliphatic carbocycles. The zero-order chi connectivity index (χ0) is 26.5. The molecular weight excluding hydrogens is 542 g/mol. The zero-order valence-corrected chi connectivity index (χ0v) is 21.4. The summed E-state index contributed by atoms with van der Waals surface area (Å²) in [6, 6.07) is 10.3. The van der Waals surface area contributed by atoms with Crippen LogP contribution in [0.25, 0.3) is 0 Å². The Morgan fingerprint density at radius 2 is 1.83 bits per heavy atom. The summed E-state index contributed by atoms with van der Waals surface area (Å²) in [7, 11) is -5.85. The number of hydrogen-bond acceptors (Lipinski definition) is 5. The van der Waals surface area contributed by atoms with E-state index in [0.717, 1.165) is 17.7 Å². The molecule has 6 nitrogen and oxygen atoms in total. The highest BCUT2D eigenvalue weighted by atomic mass is 35.5. The first-order valence-electron chi connectivity index (χ1n) is 11.3. The molecule has 0 bridgehead atoms. The van der Waals surface area contributed by atoms with Gasteiger partial charge < -0.3 is 14.6 Å². The minimum absolute atomic E-state index is 0.0377. The highest BCUT2D eigenvalue weighted by Crippen LogP contribution is 2.60. The van der Waals surface area contributed by atoms with Crippen LogP contribution in [0, 0.1) is 11.3 Å². The van der Waals surface area contributed by atoms with E-state index in [4.69, 9.17) is 23.2 Å². The van der Waals surface area contributed by atoms with Gasteiger partial charge in [0.1, 0.15) is 5.75 Å². The lowest BCUT2D eigenvalue weighted by atomic mass is 9.54. The molecule has 0 aromatic heterocycles. The van der Waals surface area contributed by atoms with Gasteiger partial charge in [-0.3, -0.25) is 4.79 Å². The number of benzene rings is 2. The van der Waals surface area contributed by atoms with Crippen molar-refractivity contribution in [1.29, 1.82) is 0 Å². The molecule has 5 atom stereocenters. The Labute approximate surface area is 216 Å². The Hall–Kier alpha value is -2.01. The number of hydrogen-bond donors (Lipinski definition) is 2. The number of halogens is 5. The summed E-state index contributed by atoms with van der Waals surface area (Å²) >= 11 is 12.6. The van der Waals surface area contributed by atoms with E-state index in [0.29, 0.717) is 29.8 Å². The fraction of sp³-hybridized carbons (Fsp3) is 0.458. The minimum Gasteiger partial charge on any atom is -0.394 e. The summed E-state index contributed by atoms with van der Waals surface area (Å²) < 4.78 is 65.3. The second-order valence-electron chi connectivity index (χ2n) is 9.19. The summed E-state index contributed by atoms with van der Waals surface area (Å²) in [5, 5.41) is 13.6. The summed E-state index contributed by atoms with van der Waals surface area (Å²) in [5.41, 5.74) is -4.83.